The lowest BCUT2D eigenvalue weighted by Gasteiger charge is -2.35. The van der Waals surface area contributed by atoms with Crippen molar-refractivity contribution in [3.63, 3.8) is 0 Å². The number of hydrogen-bond donors (Lipinski definition) is 5. The van der Waals surface area contributed by atoms with Crippen LogP contribution in [0.25, 0.3) is 0 Å². The second-order valence-corrected chi connectivity index (χ2v) is 23.5. The van der Waals surface area contributed by atoms with E-state index in [1.807, 2.05) is 71.0 Å². The molecule has 0 saturated carbocycles. The van der Waals surface area contributed by atoms with Gasteiger partial charge in [-0.05, 0) is 109 Å². The number of fused-ring (bicyclic) bond motifs is 1. The molecular formula is C49H73N7O9S2. The van der Waals surface area contributed by atoms with Gasteiger partial charge in [-0.1, -0.05) is 71.0 Å². The summed E-state index contributed by atoms with van der Waals surface area (Å²) < 4.78 is 78.9. The average Bonchev–Trinajstić information content (AvgIpc) is 3.92. The Hall–Kier alpha value is -4.32. The minimum Gasteiger partial charge on any atom is -0.443 e. The number of benzene rings is 3. The fraction of sp³-hybridized carbons (Fsp3) is 0.592. The van der Waals surface area contributed by atoms with Crippen molar-refractivity contribution in [3.05, 3.63) is 83.9 Å². The van der Waals surface area contributed by atoms with Crippen LogP contribution in [0.2, 0.25) is 0 Å². The van der Waals surface area contributed by atoms with E-state index in [1.54, 1.807) is 44.4 Å². The number of nitriles is 1. The lowest BCUT2D eigenvalue weighted by atomic mass is 9.87. The number of aliphatic hydroxyl groups is 1. The Morgan fingerprint density at radius 1 is 0.866 bits per heavy atom. The Kier molecular flexibility index (Phi) is 19.1. The molecule has 67 heavy (non-hydrogen) atoms. The van der Waals surface area contributed by atoms with Gasteiger partial charge in [-0.3, -0.25) is 0 Å². The quantitative estimate of drug-likeness (QED) is 0.0607. The van der Waals surface area contributed by atoms with Crippen molar-refractivity contribution < 1.29 is 40.9 Å². The number of hydrogen-bond acceptors (Lipinski definition) is 13. The van der Waals surface area contributed by atoms with Crippen molar-refractivity contribution in [2.24, 2.45) is 28.4 Å². The Morgan fingerprint density at radius 3 is 2.19 bits per heavy atom. The molecular weight excluding hydrogens is 895 g/mol. The van der Waals surface area contributed by atoms with Crippen LogP contribution in [-0.2, 0) is 47.1 Å². The predicted molar refractivity (Wildman–Crippen MR) is 260 cm³/mol. The number of alkyl carbamates (subject to hydrolysis) is 1. The molecule has 6 atom stereocenters. The first-order valence-corrected chi connectivity index (χ1v) is 26.2. The van der Waals surface area contributed by atoms with Crippen molar-refractivity contribution in [2.75, 3.05) is 70.7 Å². The molecule has 2 fully saturated rings. The van der Waals surface area contributed by atoms with E-state index < -0.39 is 62.6 Å². The zero-order chi connectivity index (χ0) is 49.0. The van der Waals surface area contributed by atoms with E-state index in [1.165, 1.54) is 14.7 Å². The fourth-order valence-corrected chi connectivity index (χ4v) is 12.5. The van der Waals surface area contributed by atoms with Gasteiger partial charge in [0, 0.05) is 58.1 Å². The van der Waals surface area contributed by atoms with Crippen LogP contribution < -0.4 is 21.7 Å². The molecule has 18 heteroatoms. The predicted octanol–water partition coefficient (Wildman–Crippen LogP) is 6.19. The second kappa shape index (κ2) is 23.8. The molecule has 16 nitrogen and oxygen atoms in total. The minimum atomic E-state index is -4.38. The summed E-state index contributed by atoms with van der Waals surface area (Å²) in [7, 11) is -4.90. The Labute approximate surface area is 399 Å². The molecule has 0 bridgehead atoms. The van der Waals surface area contributed by atoms with E-state index in [2.05, 4.69) is 22.0 Å². The highest BCUT2D eigenvalue weighted by molar-refractivity contribution is 7.89. The topological polar surface area (TPSA) is 226 Å². The summed E-state index contributed by atoms with van der Waals surface area (Å²) in [5, 5.41) is 30.6. The summed E-state index contributed by atoms with van der Waals surface area (Å²) in [5.74, 6) is -0.363. The molecule has 3 aromatic carbocycles. The second-order valence-electron chi connectivity index (χ2n) is 19.7. The van der Waals surface area contributed by atoms with Crippen LogP contribution in [0, 0.1) is 34.0 Å². The van der Waals surface area contributed by atoms with E-state index in [0.29, 0.717) is 49.4 Å². The van der Waals surface area contributed by atoms with Gasteiger partial charge in [0.05, 0.1) is 47.1 Å². The zero-order valence-corrected chi connectivity index (χ0v) is 41.9. The van der Waals surface area contributed by atoms with Crippen LogP contribution in [0.4, 0.5) is 16.2 Å². The maximum absolute atomic E-state index is 15.1. The molecule has 2 saturated heterocycles. The zero-order valence-electron chi connectivity index (χ0n) is 40.2. The molecule has 0 aliphatic carbocycles. The third-order valence-electron chi connectivity index (χ3n) is 12.6. The van der Waals surface area contributed by atoms with Gasteiger partial charge in [0.25, 0.3) is 0 Å². The van der Waals surface area contributed by atoms with Crippen molar-refractivity contribution in [2.45, 2.75) is 114 Å². The van der Waals surface area contributed by atoms with E-state index in [-0.39, 0.29) is 66.1 Å². The van der Waals surface area contributed by atoms with Gasteiger partial charge < -0.3 is 41.0 Å². The summed E-state index contributed by atoms with van der Waals surface area (Å²) in [6.45, 7) is 10.9. The molecule has 2 aliphatic heterocycles. The summed E-state index contributed by atoms with van der Waals surface area (Å²) in [4.78, 5) is 13.7. The first-order valence-electron chi connectivity index (χ1n) is 23.3. The highest BCUT2D eigenvalue weighted by Gasteiger charge is 2.44. The van der Waals surface area contributed by atoms with Crippen LogP contribution in [0.5, 0.6) is 0 Å². The largest absolute Gasteiger partial charge is 0.443 e. The number of nitrogens with two attached hydrogens (primary N) is 1. The Balaban J connectivity index is 1.44. The van der Waals surface area contributed by atoms with Crippen LogP contribution in [0.3, 0.4) is 0 Å². The summed E-state index contributed by atoms with van der Waals surface area (Å²) in [6, 6.07) is 22.2. The van der Waals surface area contributed by atoms with E-state index >= 15 is 8.42 Å². The number of nitrogens with one attached hydrogen (secondary N) is 3. The van der Waals surface area contributed by atoms with Gasteiger partial charge in [0.1, 0.15) is 6.10 Å². The van der Waals surface area contributed by atoms with Crippen molar-refractivity contribution >= 4 is 37.5 Å². The third kappa shape index (κ3) is 15.1. The maximum atomic E-state index is 15.1. The van der Waals surface area contributed by atoms with E-state index in [4.69, 9.17) is 19.9 Å². The Morgan fingerprint density at radius 2 is 1.52 bits per heavy atom. The maximum Gasteiger partial charge on any atom is 0.407 e. The molecule has 5 rings (SSSR count). The number of nitrogens with zero attached hydrogens (tertiary/aromatic N) is 3. The lowest BCUT2D eigenvalue weighted by molar-refractivity contribution is -0.0907. The molecule has 2 unspecified atom stereocenters. The number of ether oxygens (including phenoxy) is 3. The number of aliphatic hydroxyl groups excluding tert-OH is 1. The highest BCUT2D eigenvalue weighted by atomic mass is 32.2. The molecule has 1 amide bonds. The van der Waals surface area contributed by atoms with Crippen molar-refractivity contribution in [1.29, 1.82) is 5.26 Å². The molecule has 0 spiro atoms. The number of sulfonamides is 2. The van der Waals surface area contributed by atoms with Gasteiger partial charge in [-0.15, -0.1) is 0 Å². The van der Waals surface area contributed by atoms with Gasteiger partial charge in [-0.25, -0.2) is 21.6 Å². The molecule has 2 heterocycles. The molecule has 6 N–H and O–H groups in total. The average molecular weight is 968 g/mol. The number of amides is 1. The van der Waals surface area contributed by atoms with Gasteiger partial charge in [0.15, 0.2) is 6.29 Å². The molecule has 2 aliphatic rings. The monoisotopic (exact) mass is 967 g/mol. The van der Waals surface area contributed by atoms with Crippen LogP contribution >= 0.6 is 0 Å². The fourth-order valence-electron chi connectivity index (χ4n) is 8.94. The number of carbonyl (C=O) groups excluding carboxylic acids is 1. The number of rotatable bonds is 26. The van der Waals surface area contributed by atoms with Gasteiger partial charge in [0.2, 0.25) is 20.0 Å². The number of carbonyl (C=O) groups is 1. The third-order valence-corrected chi connectivity index (χ3v) is 16.2. The van der Waals surface area contributed by atoms with E-state index in [9.17, 15) is 23.6 Å². The SMILES string of the molecule is CNc1cccc(S(=O)(=O)N(CC(C)Cc2cc(NC)cc(S(=O)(=O)N(C[C@@H](O)C(Cc3ccccc3)NC(=O)O[C@H]3CO[C@H]4OCC[C@H]43)CC(C)(C)CCC#N)c2)CC(C)(C)CCCN)c1. The summed E-state index contributed by atoms with van der Waals surface area (Å²) in [6.07, 6.45) is 0.118. The molecule has 0 radical (unpaired) electrons. The van der Waals surface area contributed by atoms with Crippen LogP contribution in [-0.4, -0.2) is 121 Å². The highest BCUT2D eigenvalue weighted by Crippen LogP contribution is 2.34. The number of anilines is 2. The van der Waals surface area contributed by atoms with Gasteiger partial charge in [-0.2, -0.15) is 13.9 Å². The van der Waals surface area contributed by atoms with Crippen molar-refractivity contribution in [3.8, 4) is 6.07 Å². The van der Waals surface area contributed by atoms with Crippen molar-refractivity contribution in [1.82, 2.24) is 13.9 Å². The molecule has 370 valence electrons. The normalized spacial score (nSPS) is 19.1. The first kappa shape index (κ1) is 53.6. The van der Waals surface area contributed by atoms with Crippen LogP contribution in [0.1, 0.15) is 77.8 Å². The van der Waals surface area contributed by atoms with E-state index in [0.717, 1.165) is 18.4 Å². The first-order chi connectivity index (χ1) is 31.7. The Bertz CT molecular complexity index is 2350. The molecule has 0 aromatic heterocycles. The standard InChI is InChI=1S/C49H73N7O9S2/c1-35(30-55(33-48(2,3)19-12-21-50)66(59,60)40-17-11-16-38(28-40)52-6)24-37-25-39(53-7)29-41(26-37)67(61,62)56(34-49(4,5)20-13-22-51)31-44(57)43(27-36-14-9-8-10-15-36)54-47(58)65-45-32-64-46-42(45)18-23-63-46/h8-11,14-17,25-26,28-29,35,42-46,52-53,57H,12-13,18-21,23-24,27,30-34,50H2,1-7H3,(H,54,58)/t35?,42-,43?,44+,45-,46+/m0/s1. The van der Waals surface area contributed by atoms with Crippen LogP contribution in [0.15, 0.2) is 82.6 Å². The molecule has 3 aromatic rings. The minimum absolute atomic E-state index is 0.0253. The van der Waals surface area contributed by atoms with Gasteiger partial charge >= 0.3 is 6.09 Å². The summed E-state index contributed by atoms with van der Waals surface area (Å²) >= 11 is 0. The lowest BCUT2D eigenvalue weighted by Crippen LogP contribution is -2.52. The summed E-state index contributed by atoms with van der Waals surface area (Å²) in [5.41, 5.74) is 7.45. The smallest absolute Gasteiger partial charge is 0.407 e.